The number of aromatic nitrogens is 3. The lowest BCUT2D eigenvalue weighted by Gasteiger charge is -2.11. The SMILES string of the molecule is O=C(CSc1nnc(-c2ccc(Cl)cc2)n1-c1ccccc1)Nc1c(F)cccc1F. The zero-order valence-electron chi connectivity index (χ0n) is 15.9. The summed E-state index contributed by atoms with van der Waals surface area (Å²) in [5, 5.41) is 11.8. The molecule has 3 aromatic carbocycles. The van der Waals surface area contributed by atoms with Gasteiger partial charge in [0.2, 0.25) is 5.91 Å². The van der Waals surface area contributed by atoms with Gasteiger partial charge in [0, 0.05) is 16.3 Å². The Kier molecular flexibility index (Phi) is 6.29. The molecule has 156 valence electrons. The average Bonchev–Trinajstić information content (AvgIpc) is 3.20. The van der Waals surface area contributed by atoms with Crippen LogP contribution in [-0.2, 0) is 4.79 Å². The predicted octanol–water partition coefficient (Wildman–Crippen LogP) is 5.60. The largest absolute Gasteiger partial charge is 0.320 e. The number of benzene rings is 3. The first-order chi connectivity index (χ1) is 15.0. The minimum atomic E-state index is -0.837. The number of carbonyl (C=O) groups excluding carboxylic acids is 1. The van der Waals surface area contributed by atoms with E-state index >= 15 is 0 Å². The maximum absolute atomic E-state index is 13.8. The number of thioether (sulfide) groups is 1. The molecule has 0 saturated heterocycles. The van der Waals surface area contributed by atoms with Gasteiger partial charge in [-0.2, -0.15) is 0 Å². The van der Waals surface area contributed by atoms with Crippen LogP contribution in [0.3, 0.4) is 0 Å². The molecular formula is C22H15ClF2N4OS. The second kappa shape index (κ2) is 9.28. The first kappa shape index (κ1) is 21.0. The molecule has 0 fully saturated rings. The van der Waals surface area contributed by atoms with E-state index in [1.165, 1.54) is 6.07 Å². The van der Waals surface area contributed by atoms with Crippen LogP contribution in [0.25, 0.3) is 17.1 Å². The third kappa shape index (κ3) is 4.76. The van der Waals surface area contributed by atoms with Gasteiger partial charge in [-0.15, -0.1) is 10.2 Å². The van der Waals surface area contributed by atoms with Crippen molar-refractivity contribution in [2.45, 2.75) is 5.16 Å². The first-order valence-electron chi connectivity index (χ1n) is 9.16. The van der Waals surface area contributed by atoms with Crippen molar-refractivity contribution < 1.29 is 13.6 Å². The molecular weight excluding hydrogens is 442 g/mol. The van der Waals surface area contributed by atoms with E-state index in [0.717, 1.165) is 35.1 Å². The van der Waals surface area contributed by atoms with Crippen molar-refractivity contribution in [3.63, 3.8) is 0 Å². The van der Waals surface area contributed by atoms with Gasteiger partial charge in [0.1, 0.15) is 17.3 Å². The van der Waals surface area contributed by atoms with Crippen molar-refractivity contribution in [3.8, 4) is 17.1 Å². The van der Waals surface area contributed by atoms with Crippen LogP contribution in [0.15, 0.2) is 78.0 Å². The number of halogens is 3. The summed E-state index contributed by atoms with van der Waals surface area (Å²) in [7, 11) is 0. The van der Waals surface area contributed by atoms with E-state index in [4.69, 9.17) is 11.6 Å². The second-order valence-corrected chi connectivity index (χ2v) is 7.80. The van der Waals surface area contributed by atoms with Gasteiger partial charge in [-0.05, 0) is 48.5 Å². The number of nitrogens with one attached hydrogen (secondary N) is 1. The van der Waals surface area contributed by atoms with Gasteiger partial charge >= 0.3 is 0 Å². The molecule has 0 aliphatic rings. The Morgan fingerprint density at radius 3 is 2.29 bits per heavy atom. The molecule has 5 nitrogen and oxygen atoms in total. The number of carbonyl (C=O) groups is 1. The van der Waals surface area contributed by atoms with E-state index in [9.17, 15) is 13.6 Å². The van der Waals surface area contributed by atoms with Crippen molar-refractivity contribution in [1.82, 2.24) is 14.8 Å². The predicted molar refractivity (Wildman–Crippen MR) is 118 cm³/mol. The van der Waals surface area contributed by atoms with Gasteiger partial charge in [0.25, 0.3) is 0 Å². The number of hydrogen-bond acceptors (Lipinski definition) is 4. The number of anilines is 1. The molecule has 1 amide bonds. The molecule has 0 radical (unpaired) electrons. The lowest BCUT2D eigenvalue weighted by molar-refractivity contribution is -0.113. The van der Waals surface area contributed by atoms with Crippen LogP contribution < -0.4 is 5.32 Å². The van der Waals surface area contributed by atoms with Crippen LogP contribution in [0.5, 0.6) is 0 Å². The molecule has 1 N–H and O–H groups in total. The minimum Gasteiger partial charge on any atom is -0.320 e. The molecule has 0 spiro atoms. The van der Waals surface area contributed by atoms with Crippen LogP contribution in [0.1, 0.15) is 0 Å². The normalized spacial score (nSPS) is 10.8. The topological polar surface area (TPSA) is 59.8 Å². The summed E-state index contributed by atoms with van der Waals surface area (Å²) < 4.78 is 29.4. The van der Waals surface area contributed by atoms with E-state index in [1.54, 1.807) is 12.1 Å². The van der Waals surface area contributed by atoms with Crippen LogP contribution in [-0.4, -0.2) is 26.4 Å². The average molecular weight is 457 g/mol. The fraction of sp³-hybridized carbons (Fsp3) is 0.0455. The molecule has 0 aliphatic carbocycles. The molecule has 4 aromatic rings. The number of nitrogens with zero attached hydrogens (tertiary/aromatic N) is 3. The molecule has 0 atom stereocenters. The summed E-state index contributed by atoms with van der Waals surface area (Å²) in [5.41, 5.74) is 1.13. The first-order valence-corrected chi connectivity index (χ1v) is 10.5. The highest BCUT2D eigenvalue weighted by atomic mass is 35.5. The summed E-state index contributed by atoms with van der Waals surface area (Å²) in [6, 6.07) is 20.0. The molecule has 0 saturated carbocycles. The molecule has 0 unspecified atom stereocenters. The van der Waals surface area contributed by atoms with Gasteiger partial charge in [-0.3, -0.25) is 9.36 Å². The third-order valence-corrected chi connectivity index (χ3v) is 5.49. The lowest BCUT2D eigenvalue weighted by atomic mass is 10.2. The second-order valence-electron chi connectivity index (χ2n) is 6.42. The van der Waals surface area contributed by atoms with Gasteiger partial charge in [-0.25, -0.2) is 8.78 Å². The fourth-order valence-corrected chi connectivity index (χ4v) is 3.76. The summed E-state index contributed by atoms with van der Waals surface area (Å²) in [6.07, 6.45) is 0. The number of hydrogen-bond donors (Lipinski definition) is 1. The van der Waals surface area contributed by atoms with Crippen LogP contribution >= 0.6 is 23.4 Å². The summed E-state index contributed by atoms with van der Waals surface area (Å²) in [4.78, 5) is 12.3. The monoisotopic (exact) mass is 456 g/mol. The number of amides is 1. The molecule has 31 heavy (non-hydrogen) atoms. The molecule has 0 bridgehead atoms. The van der Waals surface area contributed by atoms with Crippen LogP contribution in [0.4, 0.5) is 14.5 Å². The summed E-state index contributed by atoms with van der Waals surface area (Å²) in [5.74, 6) is -1.78. The van der Waals surface area contributed by atoms with Crippen molar-refractivity contribution in [2.24, 2.45) is 0 Å². The van der Waals surface area contributed by atoms with E-state index in [2.05, 4.69) is 15.5 Å². The number of para-hydroxylation sites is 2. The number of rotatable bonds is 6. The lowest BCUT2D eigenvalue weighted by Crippen LogP contribution is -2.16. The quantitative estimate of drug-likeness (QED) is 0.384. The van der Waals surface area contributed by atoms with E-state index in [-0.39, 0.29) is 5.75 Å². The smallest absolute Gasteiger partial charge is 0.235 e. The Morgan fingerprint density at radius 1 is 0.935 bits per heavy atom. The van der Waals surface area contributed by atoms with Gasteiger partial charge < -0.3 is 5.32 Å². The molecule has 4 rings (SSSR count). The molecule has 1 heterocycles. The molecule has 9 heteroatoms. The van der Waals surface area contributed by atoms with Crippen LogP contribution in [0.2, 0.25) is 5.02 Å². The van der Waals surface area contributed by atoms with Crippen molar-refractivity contribution in [3.05, 3.63) is 89.5 Å². The Morgan fingerprint density at radius 2 is 1.61 bits per heavy atom. The van der Waals surface area contributed by atoms with Crippen LogP contribution in [0, 0.1) is 11.6 Å². The zero-order valence-corrected chi connectivity index (χ0v) is 17.5. The fourth-order valence-electron chi connectivity index (χ4n) is 2.88. The molecule has 1 aromatic heterocycles. The minimum absolute atomic E-state index is 0.112. The highest BCUT2D eigenvalue weighted by molar-refractivity contribution is 7.99. The zero-order chi connectivity index (χ0) is 21.8. The maximum Gasteiger partial charge on any atom is 0.235 e. The highest BCUT2D eigenvalue weighted by Crippen LogP contribution is 2.29. The van der Waals surface area contributed by atoms with Crippen molar-refractivity contribution >= 4 is 35.0 Å². The Balaban J connectivity index is 1.60. The maximum atomic E-state index is 13.8. The Hall–Kier alpha value is -3.23. The Bertz CT molecular complexity index is 1200. The van der Waals surface area contributed by atoms with E-state index < -0.39 is 23.2 Å². The third-order valence-electron chi connectivity index (χ3n) is 4.31. The van der Waals surface area contributed by atoms with Crippen molar-refractivity contribution in [2.75, 3.05) is 11.1 Å². The standard InChI is InChI=1S/C22H15ClF2N4OS/c23-15-11-9-14(10-12-15)21-27-28-22(29(21)16-5-2-1-3-6-16)31-13-19(30)26-20-17(24)7-4-8-18(20)25/h1-12H,13H2,(H,26,30). The Labute approximate surface area is 186 Å². The van der Waals surface area contributed by atoms with Gasteiger partial charge in [0.15, 0.2) is 11.0 Å². The van der Waals surface area contributed by atoms with Crippen molar-refractivity contribution in [1.29, 1.82) is 0 Å². The molecule has 0 aliphatic heterocycles. The summed E-state index contributed by atoms with van der Waals surface area (Å²) >= 11 is 7.10. The van der Waals surface area contributed by atoms with Gasteiger partial charge in [0.05, 0.1) is 5.75 Å². The van der Waals surface area contributed by atoms with E-state index in [1.807, 2.05) is 47.0 Å². The highest BCUT2D eigenvalue weighted by Gasteiger charge is 2.18. The van der Waals surface area contributed by atoms with E-state index in [0.29, 0.717) is 16.0 Å². The summed E-state index contributed by atoms with van der Waals surface area (Å²) in [6.45, 7) is 0. The van der Waals surface area contributed by atoms with Gasteiger partial charge in [-0.1, -0.05) is 47.6 Å².